The van der Waals surface area contributed by atoms with Crippen LogP contribution in [0.1, 0.15) is 30.5 Å². The molecule has 0 aliphatic carbocycles. The second-order valence-electron chi connectivity index (χ2n) is 6.21. The summed E-state index contributed by atoms with van der Waals surface area (Å²) < 4.78 is 13.1. The SMILES string of the molecule is C[C@H](Nc1cc(CCCO)cc(Nc2cnccn2)n1)c1ccc(F)cc1. The number of aromatic nitrogens is 3. The lowest BCUT2D eigenvalue weighted by Gasteiger charge is -2.17. The van der Waals surface area contributed by atoms with E-state index in [9.17, 15) is 4.39 Å². The quantitative estimate of drug-likeness (QED) is 0.561. The van der Waals surface area contributed by atoms with Gasteiger partial charge in [-0.15, -0.1) is 0 Å². The van der Waals surface area contributed by atoms with E-state index in [4.69, 9.17) is 5.11 Å². The van der Waals surface area contributed by atoms with E-state index < -0.39 is 0 Å². The minimum absolute atomic E-state index is 0.0458. The Morgan fingerprint density at radius 1 is 1.07 bits per heavy atom. The lowest BCUT2D eigenvalue weighted by molar-refractivity contribution is 0.288. The van der Waals surface area contributed by atoms with Gasteiger partial charge < -0.3 is 15.7 Å². The Morgan fingerprint density at radius 3 is 2.56 bits per heavy atom. The molecule has 0 fully saturated rings. The van der Waals surface area contributed by atoms with Gasteiger partial charge in [0.05, 0.1) is 6.20 Å². The number of aliphatic hydroxyl groups excluding tert-OH is 1. The lowest BCUT2D eigenvalue weighted by Crippen LogP contribution is -2.09. The molecule has 27 heavy (non-hydrogen) atoms. The van der Waals surface area contributed by atoms with Gasteiger partial charge in [-0.2, -0.15) is 0 Å². The third-order valence-corrected chi connectivity index (χ3v) is 4.06. The maximum atomic E-state index is 13.1. The number of anilines is 3. The van der Waals surface area contributed by atoms with E-state index in [1.807, 2.05) is 19.1 Å². The highest BCUT2D eigenvalue weighted by molar-refractivity contribution is 5.56. The van der Waals surface area contributed by atoms with E-state index in [1.165, 1.54) is 12.1 Å². The molecule has 1 aromatic carbocycles. The van der Waals surface area contributed by atoms with Crippen LogP contribution in [-0.4, -0.2) is 26.7 Å². The fourth-order valence-corrected chi connectivity index (χ4v) is 2.70. The van der Waals surface area contributed by atoms with Crippen molar-refractivity contribution in [2.45, 2.75) is 25.8 Å². The van der Waals surface area contributed by atoms with Crippen molar-refractivity contribution < 1.29 is 9.50 Å². The fraction of sp³-hybridized carbons (Fsp3) is 0.250. The lowest BCUT2D eigenvalue weighted by atomic mass is 10.1. The molecule has 140 valence electrons. The Hall–Kier alpha value is -3.06. The van der Waals surface area contributed by atoms with Gasteiger partial charge >= 0.3 is 0 Å². The van der Waals surface area contributed by atoms with Gasteiger partial charge in [-0.05, 0) is 55.2 Å². The van der Waals surface area contributed by atoms with Crippen LogP contribution in [0, 0.1) is 5.82 Å². The molecule has 2 aromatic heterocycles. The minimum atomic E-state index is -0.259. The van der Waals surface area contributed by atoms with Crippen molar-refractivity contribution in [1.82, 2.24) is 15.0 Å². The molecule has 0 radical (unpaired) electrons. The summed E-state index contributed by atoms with van der Waals surface area (Å²) in [6, 6.07) is 10.2. The van der Waals surface area contributed by atoms with Crippen molar-refractivity contribution in [2.75, 3.05) is 17.2 Å². The van der Waals surface area contributed by atoms with Crippen LogP contribution in [0.2, 0.25) is 0 Å². The van der Waals surface area contributed by atoms with Crippen molar-refractivity contribution in [3.8, 4) is 0 Å². The van der Waals surface area contributed by atoms with E-state index >= 15 is 0 Å². The van der Waals surface area contributed by atoms with Crippen LogP contribution in [0.3, 0.4) is 0 Å². The fourth-order valence-electron chi connectivity index (χ4n) is 2.70. The third kappa shape index (κ3) is 5.46. The maximum absolute atomic E-state index is 13.1. The number of rotatable bonds is 8. The Labute approximate surface area is 157 Å². The zero-order valence-electron chi connectivity index (χ0n) is 15.1. The zero-order chi connectivity index (χ0) is 19.1. The predicted octanol–water partition coefficient (Wildman–Crippen LogP) is 3.85. The number of benzene rings is 1. The summed E-state index contributed by atoms with van der Waals surface area (Å²) in [6.45, 7) is 2.12. The van der Waals surface area contributed by atoms with Gasteiger partial charge in [-0.1, -0.05) is 12.1 Å². The van der Waals surface area contributed by atoms with Gasteiger partial charge in [0, 0.05) is 25.0 Å². The molecule has 2 heterocycles. The predicted molar refractivity (Wildman–Crippen MR) is 103 cm³/mol. The van der Waals surface area contributed by atoms with Crippen LogP contribution in [0.5, 0.6) is 0 Å². The smallest absolute Gasteiger partial charge is 0.150 e. The number of halogens is 1. The van der Waals surface area contributed by atoms with Gasteiger partial charge in [0.1, 0.15) is 23.3 Å². The summed E-state index contributed by atoms with van der Waals surface area (Å²) in [5.74, 6) is 1.67. The second-order valence-corrected chi connectivity index (χ2v) is 6.21. The standard InChI is InChI=1S/C20H22FN5O/c1-14(16-4-6-17(21)7-5-16)24-18-11-15(3-2-10-27)12-19(25-18)26-20-13-22-8-9-23-20/h4-9,11-14,27H,2-3,10H2,1H3,(H2,23,24,25,26)/t14-/m0/s1. The molecule has 3 rings (SSSR count). The van der Waals surface area contributed by atoms with Gasteiger partial charge in [0.15, 0.2) is 0 Å². The molecule has 0 unspecified atom stereocenters. The van der Waals surface area contributed by atoms with Crippen LogP contribution < -0.4 is 10.6 Å². The normalized spacial score (nSPS) is 11.8. The number of pyridine rings is 1. The summed E-state index contributed by atoms with van der Waals surface area (Å²) in [5, 5.41) is 15.6. The molecule has 0 amide bonds. The third-order valence-electron chi connectivity index (χ3n) is 4.06. The molecule has 0 aliphatic heterocycles. The molecule has 6 nitrogen and oxygen atoms in total. The number of hydrogen-bond donors (Lipinski definition) is 3. The van der Waals surface area contributed by atoms with Crippen molar-refractivity contribution in [3.05, 3.63) is 71.9 Å². The number of aryl methyl sites for hydroxylation is 1. The highest BCUT2D eigenvalue weighted by Crippen LogP contribution is 2.23. The summed E-state index contributed by atoms with van der Waals surface area (Å²) in [5.41, 5.74) is 2.00. The van der Waals surface area contributed by atoms with Crippen LogP contribution in [0.4, 0.5) is 21.8 Å². The van der Waals surface area contributed by atoms with E-state index in [0.717, 1.165) is 17.5 Å². The molecule has 1 atom stereocenters. The number of hydrogen-bond acceptors (Lipinski definition) is 6. The Morgan fingerprint density at radius 2 is 1.85 bits per heavy atom. The molecular formula is C20H22FN5O. The van der Waals surface area contributed by atoms with Crippen LogP contribution >= 0.6 is 0 Å². The summed E-state index contributed by atoms with van der Waals surface area (Å²) in [6.07, 6.45) is 6.23. The molecule has 3 aromatic rings. The molecule has 0 bridgehead atoms. The molecule has 0 aliphatic rings. The number of nitrogens with one attached hydrogen (secondary N) is 2. The van der Waals surface area contributed by atoms with Crippen molar-refractivity contribution in [2.24, 2.45) is 0 Å². The van der Waals surface area contributed by atoms with Gasteiger partial charge in [-0.25, -0.2) is 14.4 Å². The van der Waals surface area contributed by atoms with Crippen molar-refractivity contribution >= 4 is 17.5 Å². The first kappa shape index (κ1) is 18.7. The monoisotopic (exact) mass is 367 g/mol. The van der Waals surface area contributed by atoms with Crippen LogP contribution in [0.25, 0.3) is 0 Å². The zero-order valence-corrected chi connectivity index (χ0v) is 15.1. The number of aliphatic hydroxyl groups is 1. The average molecular weight is 367 g/mol. The summed E-state index contributed by atoms with van der Waals surface area (Å²) >= 11 is 0. The molecular weight excluding hydrogens is 345 g/mol. The minimum Gasteiger partial charge on any atom is -0.396 e. The molecule has 3 N–H and O–H groups in total. The first-order valence-electron chi connectivity index (χ1n) is 8.81. The molecule has 0 spiro atoms. The second kappa shape index (κ2) is 9.05. The average Bonchev–Trinajstić information content (AvgIpc) is 2.67. The van der Waals surface area contributed by atoms with Crippen LogP contribution in [0.15, 0.2) is 55.0 Å². The Bertz CT molecular complexity index is 858. The summed E-state index contributed by atoms with van der Waals surface area (Å²) in [7, 11) is 0. The number of nitrogens with zero attached hydrogens (tertiary/aromatic N) is 3. The molecule has 0 saturated heterocycles. The van der Waals surface area contributed by atoms with Gasteiger partial charge in [0.25, 0.3) is 0 Å². The Balaban J connectivity index is 1.81. The topological polar surface area (TPSA) is 83.0 Å². The largest absolute Gasteiger partial charge is 0.396 e. The van der Waals surface area contributed by atoms with Crippen LogP contribution in [-0.2, 0) is 6.42 Å². The van der Waals surface area contributed by atoms with E-state index in [0.29, 0.717) is 23.9 Å². The highest BCUT2D eigenvalue weighted by Gasteiger charge is 2.09. The van der Waals surface area contributed by atoms with E-state index in [2.05, 4.69) is 25.6 Å². The highest BCUT2D eigenvalue weighted by atomic mass is 19.1. The Kier molecular flexibility index (Phi) is 6.27. The van der Waals surface area contributed by atoms with E-state index in [1.54, 1.807) is 30.7 Å². The molecule has 7 heteroatoms. The van der Waals surface area contributed by atoms with Crippen molar-refractivity contribution in [3.63, 3.8) is 0 Å². The van der Waals surface area contributed by atoms with Crippen molar-refractivity contribution in [1.29, 1.82) is 0 Å². The first-order chi connectivity index (χ1) is 13.1. The first-order valence-corrected chi connectivity index (χ1v) is 8.81. The summed E-state index contributed by atoms with van der Waals surface area (Å²) in [4.78, 5) is 12.8. The maximum Gasteiger partial charge on any atom is 0.150 e. The van der Waals surface area contributed by atoms with Gasteiger partial charge in [-0.3, -0.25) is 4.98 Å². The molecule has 0 saturated carbocycles. The van der Waals surface area contributed by atoms with E-state index in [-0.39, 0.29) is 18.5 Å². The van der Waals surface area contributed by atoms with Gasteiger partial charge in [0.2, 0.25) is 0 Å².